The third kappa shape index (κ3) is 2.61. The molecule has 1 aromatic heterocycles. The van der Waals surface area contributed by atoms with Gasteiger partial charge in [-0.15, -0.1) is 0 Å². The van der Waals surface area contributed by atoms with Gasteiger partial charge in [0.05, 0.1) is 17.1 Å². The number of nitrogens with zero attached hydrogens (tertiary/aromatic N) is 2. The van der Waals surface area contributed by atoms with Crippen LogP contribution in [0, 0.1) is 6.92 Å². The van der Waals surface area contributed by atoms with Crippen molar-refractivity contribution in [1.82, 2.24) is 4.57 Å². The molecule has 158 valence electrons. The van der Waals surface area contributed by atoms with Gasteiger partial charge in [0.25, 0.3) is 0 Å². The zero-order valence-electron chi connectivity index (χ0n) is 18.5. The highest BCUT2D eigenvalue weighted by Gasteiger charge is 2.37. The van der Waals surface area contributed by atoms with Crippen molar-refractivity contribution in [3.05, 3.63) is 126 Å². The van der Waals surface area contributed by atoms with Crippen LogP contribution in [0.15, 0.2) is 115 Å². The van der Waals surface area contributed by atoms with Gasteiger partial charge in [0.2, 0.25) is 0 Å². The summed E-state index contributed by atoms with van der Waals surface area (Å²) in [5.74, 6) is 0.405. The van der Waals surface area contributed by atoms with Crippen LogP contribution in [0.1, 0.15) is 17.0 Å². The smallest absolute Gasteiger partial charge is 0.0629 e. The Hall–Kier alpha value is -4.04. The SMILES string of the molecule is Cc1cc(-n2c3ccccc3c3ccccc32)ccc1N1c2ccccc2C2C=CC=CC21. The normalized spacial score (nSPS) is 18.8. The molecular weight excluding hydrogens is 400 g/mol. The Labute approximate surface area is 193 Å². The first-order chi connectivity index (χ1) is 16.3. The molecule has 2 heteroatoms. The van der Waals surface area contributed by atoms with E-state index in [1.165, 1.54) is 50.0 Å². The van der Waals surface area contributed by atoms with Gasteiger partial charge in [0.1, 0.15) is 0 Å². The third-order valence-electron chi connectivity index (χ3n) is 7.24. The molecule has 0 radical (unpaired) electrons. The summed E-state index contributed by atoms with van der Waals surface area (Å²) in [4.78, 5) is 2.52. The molecule has 2 atom stereocenters. The summed E-state index contributed by atoms with van der Waals surface area (Å²) in [5.41, 5.74) is 8.99. The predicted molar refractivity (Wildman–Crippen MR) is 139 cm³/mol. The molecule has 0 saturated carbocycles. The Kier molecular flexibility index (Phi) is 3.92. The van der Waals surface area contributed by atoms with Crippen LogP contribution in [0.2, 0.25) is 0 Å². The van der Waals surface area contributed by atoms with Crippen molar-refractivity contribution in [2.24, 2.45) is 0 Å². The molecule has 5 aromatic rings. The number of rotatable bonds is 2. The van der Waals surface area contributed by atoms with Gasteiger partial charge in [-0.1, -0.05) is 78.9 Å². The highest BCUT2D eigenvalue weighted by atomic mass is 15.2. The first-order valence-corrected chi connectivity index (χ1v) is 11.6. The van der Waals surface area contributed by atoms with Crippen molar-refractivity contribution in [1.29, 1.82) is 0 Å². The second-order valence-electron chi connectivity index (χ2n) is 9.06. The molecule has 0 amide bonds. The van der Waals surface area contributed by atoms with Crippen molar-refractivity contribution in [2.75, 3.05) is 4.90 Å². The van der Waals surface area contributed by atoms with E-state index in [0.29, 0.717) is 12.0 Å². The largest absolute Gasteiger partial charge is 0.333 e. The van der Waals surface area contributed by atoms with Crippen LogP contribution in [0.5, 0.6) is 0 Å². The van der Waals surface area contributed by atoms with Gasteiger partial charge >= 0.3 is 0 Å². The lowest BCUT2D eigenvalue weighted by molar-refractivity contribution is 0.743. The lowest BCUT2D eigenvalue weighted by Gasteiger charge is -2.30. The fourth-order valence-electron chi connectivity index (χ4n) is 5.82. The standard InChI is InChI=1S/C31H24N2/c1-21-20-22(32-28-14-6-2-10-23(28)24-11-3-7-15-29(24)32)18-19-27(21)33-30-16-8-4-12-25(30)26-13-5-9-17-31(26)33/h2-20,25,30H,1H3. The van der Waals surface area contributed by atoms with Gasteiger partial charge in [-0.05, 0) is 54.4 Å². The molecule has 2 heterocycles. The summed E-state index contributed by atoms with van der Waals surface area (Å²) in [6.45, 7) is 2.24. The first-order valence-electron chi connectivity index (χ1n) is 11.6. The molecule has 1 aliphatic carbocycles. The van der Waals surface area contributed by atoms with Gasteiger partial charge in [0, 0.05) is 33.8 Å². The maximum Gasteiger partial charge on any atom is 0.0629 e. The van der Waals surface area contributed by atoms with Crippen LogP contribution < -0.4 is 4.90 Å². The molecule has 2 aliphatic rings. The van der Waals surface area contributed by atoms with E-state index in [-0.39, 0.29) is 0 Å². The van der Waals surface area contributed by atoms with Gasteiger partial charge in [-0.2, -0.15) is 0 Å². The number of aryl methyl sites for hydroxylation is 1. The lowest BCUT2D eigenvalue weighted by atomic mass is 9.91. The lowest BCUT2D eigenvalue weighted by Crippen LogP contribution is -2.29. The van der Waals surface area contributed by atoms with Crippen molar-refractivity contribution >= 4 is 33.2 Å². The van der Waals surface area contributed by atoms with Crippen molar-refractivity contribution in [2.45, 2.75) is 18.9 Å². The zero-order valence-corrected chi connectivity index (χ0v) is 18.5. The van der Waals surface area contributed by atoms with E-state index in [0.717, 1.165) is 0 Å². The van der Waals surface area contributed by atoms with E-state index in [4.69, 9.17) is 0 Å². The molecule has 2 nitrogen and oxygen atoms in total. The number of allylic oxidation sites excluding steroid dienone is 2. The number of anilines is 2. The molecule has 0 saturated heterocycles. The van der Waals surface area contributed by atoms with Crippen molar-refractivity contribution in [3.63, 3.8) is 0 Å². The van der Waals surface area contributed by atoms with Gasteiger partial charge < -0.3 is 9.47 Å². The monoisotopic (exact) mass is 424 g/mol. The molecule has 33 heavy (non-hydrogen) atoms. The van der Waals surface area contributed by atoms with E-state index in [1.807, 2.05) is 0 Å². The second-order valence-corrected chi connectivity index (χ2v) is 9.06. The first kappa shape index (κ1) is 18.5. The fraction of sp³-hybridized carbons (Fsp3) is 0.0968. The molecule has 0 fully saturated rings. The highest BCUT2D eigenvalue weighted by Crippen LogP contribution is 2.48. The summed E-state index contributed by atoms with van der Waals surface area (Å²) >= 11 is 0. The summed E-state index contributed by atoms with van der Waals surface area (Å²) in [7, 11) is 0. The topological polar surface area (TPSA) is 8.17 Å². The number of hydrogen-bond donors (Lipinski definition) is 0. The number of fused-ring (bicyclic) bond motifs is 6. The summed E-state index contributed by atoms with van der Waals surface area (Å²) < 4.78 is 2.39. The van der Waals surface area contributed by atoms with Gasteiger partial charge in [0.15, 0.2) is 0 Å². The minimum atomic E-state index is 0.324. The Morgan fingerprint density at radius 1 is 0.636 bits per heavy atom. The maximum absolute atomic E-state index is 2.52. The minimum Gasteiger partial charge on any atom is -0.333 e. The molecule has 2 unspecified atom stereocenters. The van der Waals surface area contributed by atoms with E-state index < -0.39 is 0 Å². The van der Waals surface area contributed by atoms with Crippen molar-refractivity contribution < 1.29 is 0 Å². The minimum absolute atomic E-state index is 0.324. The summed E-state index contributed by atoms with van der Waals surface area (Å²) in [5, 5.41) is 2.59. The van der Waals surface area contributed by atoms with Crippen LogP contribution in [0.4, 0.5) is 11.4 Å². The number of para-hydroxylation sites is 3. The molecule has 0 N–H and O–H groups in total. The van der Waals surface area contributed by atoms with Crippen LogP contribution in [-0.4, -0.2) is 10.6 Å². The Morgan fingerprint density at radius 3 is 2.06 bits per heavy atom. The van der Waals surface area contributed by atoms with Crippen molar-refractivity contribution in [3.8, 4) is 5.69 Å². The second kappa shape index (κ2) is 6.98. The number of benzene rings is 4. The molecular formula is C31H24N2. The van der Waals surface area contributed by atoms with Crippen LogP contribution in [0.3, 0.4) is 0 Å². The quantitative estimate of drug-likeness (QED) is 0.280. The van der Waals surface area contributed by atoms with Crippen LogP contribution >= 0.6 is 0 Å². The fourth-order valence-corrected chi connectivity index (χ4v) is 5.82. The van der Waals surface area contributed by atoms with E-state index in [9.17, 15) is 0 Å². The average Bonchev–Trinajstić information content (AvgIpc) is 3.37. The van der Waals surface area contributed by atoms with Gasteiger partial charge in [-0.3, -0.25) is 0 Å². The summed E-state index contributed by atoms with van der Waals surface area (Å²) in [6.07, 6.45) is 9.04. The summed E-state index contributed by atoms with van der Waals surface area (Å²) in [6, 6.07) is 33.5. The molecule has 0 bridgehead atoms. The Bertz CT molecular complexity index is 1550. The molecule has 4 aromatic carbocycles. The molecule has 0 spiro atoms. The van der Waals surface area contributed by atoms with E-state index in [1.54, 1.807) is 0 Å². The average molecular weight is 425 g/mol. The third-order valence-corrected chi connectivity index (χ3v) is 7.24. The van der Waals surface area contributed by atoms with E-state index >= 15 is 0 Å². The Morgan fingerprint density at radius 2 is 1.30 bits per heavy atom. The van der Waals surface area contributed by atoms with Crippen LogP contribution in [0.25, 0.3) is 27.5 Å². The Balaban J connectivity index is 1.41. The number of hydrogen-bond acceptors (Lipinski definition) is 1. The van der Waals surface area contributed by atoms with Gasteiger partial charge in [-0.25, -0.2) is 0 Å². The predicted octanol–water partition coefficient (Wildman–Crippen LogP) is 7.82. The highest BCUT2D eigenvalue weighted by molar-refractivity contribution is 6.09. The van der Waals surface area contributed by atoms with Crippen LogP contribution in [-0.2, 0) is 0 Å². The maximum atomic E-state index is 2.52. The zero-order chi connectivity index (χ0) is 21.9. The molecule has 1 aliphatic heterocycles. The molecule has 7 rings (SSSR count). The van der Waals surface area contributed by atoms with E-state index in [2.05, 4.69) is 132 Å². The number of aromatic nitrogens is 1.